The molecule has 4 heteroatoms. The molecule has 0 spiro atoms. The van der Waals surface area contributed by atoms with E-state index >= 15 is 0 Å². The predicted molar refractivity (Wildman–Crippen MR) is 68.0 cm³/mol. The van der Waals surface area contributed by atoms with Gasteiger partial charge >= 0.3 is 0 Å². The van der Waals surface area contributed by atoms with Gasteiger partial charge in [-0.1, -0.05) is 12.1 Å². The fourth-order valence-corrected chi connectivity index (χ4v) is 3.25. The van der Waals surface area contributed by atoms with Crippen LogP contribution in [0.1, 0.15) is 0 Å². The molecule has 0 unspecified atom stereocenters. The van der Waals surface area contributed by atoms with E-state index in [0.29, 0.717) is 11.1 Å². The smallest absolute Gasteiger partial charge is 0.235 e. The molecule has 2 nitrogen and oxygen atoms in total. The molecule has 0 fully saturated rings. The third-order valence-electron chi connectivity index (χ3n) is 2.45. The third kappa shape index (κ3) is 1.24. The molecule has 0 saturated heterocycles. The van der Waals surface area contributed by atoms with E-state index < -0.39 is 0 Å². The molecule has 3 aromatic rings. The van der Waals surface area contributed by atoms with Gasteiger partial charge in [-0.3, -0.25) is 9.59 Å². The first-order chi connectivity index (χ1) is 7.79. The van der Waals surface area contributed by atoms with Crippen LogP contribution in [0.15, 0.2) is 44.6 Å². The Kier molecular flexibility index (Phi) is 2.12. The van der Waals surface area contributed by atoms with Crippen molar-refractivity contribution in [1.82, 2.24) is 0 Å². The van der Waals surface area contributed by atoms with Crippen molar-refractivity contribution in [2.45, 2.75) is 0 Å². The average Bonchev–Trinajstić information content (AvgIpc) is 2.96. The van der Waals surface area contributed by atoms with E-state index in [1.165, 1.54) is 22.7 Å². The lowest BCUT2D eigenvalue weighted by Gasteiger charge is -2.06. The summed E-state index contributed by atoms with van der Waals surface area (Å²) in [6.45, 7) is 0. The molecular weight excluding hydrogens is 240 g/mol. The average molecular weight is 246 g/mol. The van der Waals surface area contributed by atoms with Gasteiger partial charge in [0.05, 0.1) is 11.1 Å². The highest BCUT2D eigenvalue weighted by atomic mass is 32.1. The molecule has 0 saturated carbocycles. The fraction of sp³-hybridized carbons (Fsp3) is 0. The summed E-state index contributed by atoms with van der Waals surface area (Å²) in [7, 11) is 0. The monoisotopic (exact) mass is 246 g/mol. The van der Waals surface area contributed by atoms with Gasteiger partial charge in [-0.25, -0.2) is 0 Å². The molecule has 0 amide bonds. The van der Waals surface area contributed by atoms with E-state index in [4.69, 9.17) is 0 Å². The number of hydrogen-bond acceptors (Lipinski definition) is 4. The number of thiophene rings is 2. The molecule has 0 N–H and O–H groups in total. The van der Waals surface area contributed by atoms with Crippen molar-refractivity contribution in [2.75, 3.05) is 0 Å². The zero-order chi connectivity index (χ0) is 11.1. The van der Waals surface area contributed by atoms with Gasteiger partial charge in [0.15, 0.2) is 0 Å². The van der Waals surface area contributed by atoms with Gasteiger partial charge in [0.2, 0.25) is 10.9 Å². The Bertz CT molecular complexity index is 622. The summed E-state index contributed by atoms with van der Waals surface area (Å²) in [6, 6.07) is 7.51. The molecule has 3 rings (SSSR count). The van der Waals surface area contributed by atoms with Crippen LogP contribution in [0.25, 0.3) is 20.9 Å². The molecule has 0 aliphatic carbocycles. The number of hydrogen-bond donors (Lipinski definition) is 0. The molecule has 2 aromatic heterocycles. The van der Waals surface area contributed by atoms with E-state index in [-0.39, 0.29) is 10.9 Å². The zero-order valence-electron chi connectivity index (χ0n) is 8.10. The summed E-state index contributed by atoms with van der Waals surface area (Å²) in [5.41, 5.74) is 0.460. The second-order valence-corrected chi connectivity index (χ2v) is 5.26. The standard InChI is InChI=1S/C12H6O2S2/c13-11-9(7-3-1-5-15-7)10(12(11)14)8-4-2-6-16-8/h1-6H. The fourth-order valence-electron chi connectivity index (χ4n) is 1.70. The summed E-state index contributed by atoms with van der Waals surface area (Å²) >= 11 is 2.97. The first-order valence-electron chi connectivity index (χ1n) is 4.70. The van der Waals surface area contributed by atoms with Crippen LogP contribution >= 0.6 is 22.7 Å². The highest BCUT2D eigenvalue weighted by Crippen LogP contribution is 2.33. The SMILES string of the molecule is O=c1c(-c2cccs2)c(-c2cccs2)c1=O. The normalized spacial score (nSPS) is 11.0. The van der Waals surface area contributed by atoms with Gasteiger partial charge in [-0.05, 0) is 22.9 Å². The Morgan fingerprint density at radius 3 is 1.50 bits per heavy atom. The van der Waals surface area contributed by atoms with E-state index in [9.17, 15) is 9.59 Å². The first kappa shape index (κ1) is 9.69. The molecule has 0 bridgehead atoms. The highest BCUT2D eigenvalue weighted by molar-refractivity contribution is 7.14. The maximum atomic E-state index is 11.6. The molecule has 0 aliphatic rings. The van der Waals surface area contributed by atoms with Crippen LogP contribution in [0.5, 0.6) is 0 Å². The third-order valence-corrected chi connectivity index (χ3v) is 4.22. The quantitative estimate of drug-likeness (QED) is 0.651. The van der Waals surface area contributed by atoms with Gasteiger partial charge in [0, 0.05) is 9.75 Å². The molecule has 16 heavy (non-hydrogen) atoms. The number of rotatable bonds is 2. The van der Waals surface area contributed by atoms with Gasteiger partial charge < -0.3 is 0 Å². The van der Waals surface area contributed by atoms with Crippen molar-refractivity contribution in [3.05, 3.63) is 55.5 Å². The summed E-state index contributed by atoms with van der Waals surface area (Å²) in [6.07, 6.45) is 0. The Hall–Kier alpha value is -1.52. The lowest BCUT2D eigenvalue weighted by atomic mass is 9.98. The predicted octanol–water partition coefficient (Wildman–Crippen LogP) is 2.74. The van der Waals surface area contributed by atoms with Gasteiger partial charge in [0.1, 0.15) is 0 Å². The lowest BCUT2D eigenvalue weighted by Crippen LogP contribution is -2.34. The van der Waals surface area contributed by atoms with Crippen molar-refractivity contribution in [3.8, 4) is 20.9 Å². The van der Waals surface area contributed by atoms with Crippen LogP contribution in [0.4, 0.5) is 0 Å². The Labute approximate surface area is 99.1 Å². The van der Waals surface area contributed by atoms with E-state index in [1.54, 1.807) is 0 Å². The Balaban J connectivity index is 2.26. The topological polar surface area (TPSA) is 34.1 Å². The van der Waals surface area contributed by atoms with Crippen molar-refractivity contribution < 1.29 is 0 Å². The van der Waals surface area contributed by atoms with Crippen LogP contribution in [0, 0.1) is 0 Å². The lowest BCUT2D eigenvalue weighted by molar-refractivity contribution is 1.44. The molecule has 78 valence electrons. The van der Waals surface area contributed by atoms with Crippen LogP contribution < -0.4 is 10.9 Å². The molecule has 0 atom stereocenters. The van der Waals surface area contributed by atoms with Crippen LogP contribution in [0.2, 0.25) is 0 Å². The molecule has 1 aromatic carbocycles. The van der Waals surface area contributed by atoms with Crippen molar-refractivity contribution in [1.29, 1.82) is 0 Å². The Morgan fingerprint density at radius 1 is 0.750 bits per heavy atom. The molecule has 0 aliphatic heterocycles. The summed E-state index contributed by atoms with van der Waals surface area (Å²) in [5.74, 6) is 0. The molecule has 0 radical (unpaired) electrons. The van der Waals surface area contributed by atoms with Crippen LogP contribution in [0.3, 0.4) is 0 Å². The van der Waals surface area contributed by atoms with E-state index in [1.807, 2.05) is 35.0 Å². The maximum Gasteiger partial charge on any atom is 0.235 e. The van der Waals surface area contributed by atoms with E-state index in [2.05, 4.69) is 0 Å². The second-order valence-electron chi connectivity index (χ2n) is 3.36. The van der Waals surface area contributed by atoms with Gasteiger partial charge in [-0.2, -0.15) is 0 Å². The minimum absolute atomic E-state index is 0.356. The maximum absolute atomic E-state index is 11.6. The zero-order valence-corrected chi connectivity index (χ0v) is 9.73. The second kappa shape index (κ2) is 3.50. The first-order valence-corrected chi connectivity index (χ1v) is 6.46. The summed E-state index contributed by atoms with van der Waals surface area (Å²) in [5, 5.41) is 3.81. The minimum atomic E-state index is -0.356. The minimum Gasteiger partial charge on any atom is -0.285 e. The van der Waals surface area contributed by atoms with E-state index in [0.717, 1.165) is 9.75 Å². The van der Waals surface area contributed by atoms with Crippen molar-refractivity contribution >= 4 is 22.7 Å². The van der Waals surface area contributed by atoms with Crippen LogP contribution in [-0.2, 0) is 0 Å². The molecular formula is C12H6O2S2. The summed E-state index contributed by atoms with van der Waals surface area (Å²) in [4.78, 5) is 24.9. The van der Waals surface area contributed by atoms with Crippen molar-refractivity contribution in [3.63, 3.8) is 0 Å². The Morgan fingerprint density at radius 2 is 1.19 bits per heavy atom. The van der Waals surface area contributed by atoms with Gasteiger partial charge in [0.25, 0.3) is 0 Å². The highest BCUT2D eigenvalue weighted by Gasteiger charge is 2.24. The largest absolute Gasteiger partial charge is 0.285 e. The van der Waals surface area contributed by atoms with Crippen molar-refractivity contribution in [2.24, 2.45) is 0 Å². The molecule has 2 heterocycles. The summed E-state index contributed by atoms with van der Waals surface area (Å²) < 4.78 is 0. The van der Waals surface area contributed by atoms with Gasteiger partial charge in [-0.15, -0.1) is 22.7 Å². The van der Waals surface area contributed by atoms with Crippen LogP contribution in [-0.4, -0.2) is 0 Å².